The first-order valence-corrected chi connectivity index (χ1v) is 7.96. The lowest BCUT2D eigenvalue weighted by Crippen LogP contribution is -2.08. The second kappa shape index (κ2) is 4.68. The number of anilines is 1. The standard InChI is InChI=1S/C15H13NO3S/c1-20(17,18)16-15-14-8-7-12(9-13(14)10-19-15)11-5-3-2-4-6-11/h2-10,16H,1H3. The molecule has 3 rings (SSSR count). The Kier molecular flexibility index (Phi) is 2.99. The van der Waals surface area contributed by atoms with Crippen LogP contribution in [0.15, 0.2) is 59.2 Å². The molecular formula is C15H13NO3S. The van der Waals surface area contributed by atoms with Gasteiger partial charge in [0, 0.05) is 10.8 Å². The maximum atomic E-state index is 11.3. The number of nitrogens with one attached hydrogen (secondary N) is 1. The van der Waals surface area contributed by atoms with Gasteiger partial charge in [0.15, 0.2) is 0 Å². The molecule has 0 aliphatic carbocycles. The van der Waals surface area contributed by atoms with Gasteiger partial charge in [0.2, 0.25) is 15.9 Å². The molecule has 4 nitrogen and oxygen atoms in total. The molecule has 3 aromatic rings. The zero-order chi connectivity index (χ0) is 14.2. The maximum absolute atomic E-state index is 11.3. The lowest BCUT2D eigenvalue weighted by molar-refractivity contribution is 0.581. The van der Waals surface area contributed by atoms with Crippen molar-refractivity contribution >= 4 is 26.7 Å². The first-order chi connectivity index (χ1) is 9.53. The van der Waals surface area contributed by atoms with E-state index < -0.39 is 10.0 Å². The van der Waals surface area contributed by atoms with Crippen LogP contribution < -0.4 is 4.72 Å². The minimum absolute atomic E-state index is 0.252. The highest BCUT2D eigenvalue weighted by Gasteiger charge is 2.11. The number of furan rings is 1. The molecule has 1 heterocycles. The molecule has 0 saturated heterocycles. The summed E-state index contributed by atoms with van der Waals surface area (Å²) in [4.78, 5) is 0. The predicted octanol–water partition coefficient (Wildman–Crippen LogP) is 3.47. The molecule has 0 unspecified atom stereocenters. The summed E-state index contributed by atoms with van der Waals surface area (Å²) >= 11 is 0. The second-order valence-electron chi connectivity index (χ2n) is 4.61. The number of fused-ring (bicyclic) bond motifs is 1. The molecule has 2 aromatic carbocycles. The van der Waals surface area contributed by atoms with Crippen LogP contribution in [0.1, 0.15) is 0 Å². The highest BCUT2D eigenvalue weighted by molar-refractivity contribution is 7.92. The van der Waals surface area contributed by atoms with Crippen molar-refractivity contribution in [2.24, 2.45) is 0 Å². The van der Waals surface area contributed by atoms with Crippen LogP contribution in [0, 0.1) is 0 Å². The third-order valence-corrected chi connectivity index (χ3v) is 3.54. The molecule has 0 spiro atoms. The van der Waals surface area contributed by atoms with E-state index in [1.807, 2.05) is 48.5 Å². The first-order valence-electron chi connectivity index (χ1n) is 6.07. The number of hydrogen-bond donors (Lipinski definition) is 1. The predicted molar refractivity (Wildman–Crippen MR) is 80.1 cm³/mol. The van der Waals surface area contributed by atoms with E-state index in [0.29, 0.717) is 0 Å². The Labute approximate surface area is 117 Å². The summed E-state index contributed by atoms with van der Waals surface area (Å²) < 4.78 is 30.2. The summed E-state index contributed by atoms with van der Waals surface area (Å²) in [5.74, 6) is 0.252. The summed E-state index contributed by atoms with van der Waals surface area (Å²) in [6.45, 7) is 0. The summed E-state index contributed by atoms with van der Waals surface area (Å²) in [5, 5.41) is 1.60. The van der Waals surface area contributed by atoms with Crippen LogP contribution in [0.5, 0.6) is 0 Å². The van der Waals surface area contributed by atoms with Crippen molar-refractivity contribution in [3.05, 3.63) is 54.8 Å². The SMILES string of the molecule is CS(=O)(=O)Nc1occ2cc(-c3ccccc3)ccc12. The van der Waals surface area contributed by atoms with Crippen molar-refractivity contribution in [1.82, 2.24) is 0 Å². The van der Waals surface area contributed by atoms with Gasteiger partial charge in [-0.3, -0.25) is 4.72 Å². The molecule has 0 aliphatic heterocycles. The van der Waals surface area contributed by atoms with E-state index in [9.17, 15) is 8.42 Å². The van der Waals surface area contributed by atoms with Crippen LogP contribution in [0.2, 0.25) is 0 Å². The van der Waals surface area contributed by atoms with Crippen molar-refractivity contribution in [3.8, 4) is 11.1 Å². The Morgan fingerprint density at radius 2 is 1.75 bits per heavy atom. The largest absolute Gasteiger partial charge is 0.447 e. The molecule has 0 bridgehead atoms. The van der Waals surface area contributed by atoms with Crippen molar-refractivity contribution in [1.29, 1.82) is 0 Å². The van der Waals surface area contributed by atoms with Crippen molar-refractivity contribution in [2.45, 2.75) is 0 Å². The average Bonchev–Trinajstić information content (AvgIpc) is 2.80. The molecule has 0 aliphatic rings. The van der Waals surface area contributed by atoms with E-state index in [2.05, 4.69) is 4.72 Å². The van der Waals surface area contributed by atoms with Crippen LogP contribution in [0.4, 0.5) is 5.88 Å². The molecular weight excluding hydrogens is 274 g/mol. The molecule has 0 amide bonds. The van der Waals surface area contributed by atoms with E-state index in [1.165, 1.54) is 0 Å². The Morgan fingerprint density at radius 3 is 2.45 bits per heavy atom. The molecule has 1 N–H and O–H groups in total. The summed E-state index contributed by atoms with van der Waals surface area (Å²) in [5.41, 5.74) is 2.16. The minimum Gasteiger partial charge on any atom is -0.447 e. The van der Waals surface area contributed by atoms with Crippen LogP contribution in [-0.4, -0.2) is 14.7 Å². The molecule has 0 radical (unpaired) electrons. The maximum Gasteiger partial charge on any atom is 0.232 e. The molecule has 1 aromatic heterocycles. The van der Waals surface area contributed by atoms with Crippen LogP contribution in [0.3, 0.4) is 0 Å². The molecule has 0 atom stereocenters. The Balaban J connectivity index is 2.06. The third-order valence-electron chi connectivity index (χ3n) is 2.99. The quantitative estimate of drug-likeness (QED) is 0.802. The van der Waals surface area contributed by atoms with Crippen molar-refractivity contribution in [2.75, 3.05) is 11.0 Å². The Hall–Kier alpha value is -2.27. The normalized spacial score (nSPS) is 11.7. The Bertz CT molecular complexity index is 851. The highest BCUT2D eigenvalue weighted by atomic mass is 32.2. The minimum atomic E-state index is -3.34. The van der Waals surface area contributed by atoms with Gasteiger partial charge in [-0.25, -0.2) is 8.42 Å². The van der Waals surface area contributed by atoms with Crippen molar-refractivity contribution in [3.63, 3.8) is 0 Å². The average molecular weight is 287 g/mol. The van der Waals surface area contributed by atoms with Crippen LogP contribution in [-0.2, 0) is 10.0 Å². The fourth-order valence-electron chi connectivity index (χ4n) is 2.11. The van der Waals surface area contributed by atoms with Crippen molar-refractivity contribution < 1.29 is 12.8 Å². The molecule has 102 valence electrons. The van der Waals surface area contributed by atoms with Gasteiger partial charge < -0.3 is 4.42 Å². The van der Waals surface area contributed by atoms with Gasteiger partial charge in [-0.15, -0.1) is 0 Å². The lowest BCUT2D eigenvalue weighted by atomic mass is 10.0. The summed E-state index contributed by atoms with van der Waals surface area (Å²) in [6, 6.07) is 15.7. The molecule has 0 fully saturated rings. The first kappa shape index (κ1) is 12.7. The second-order valence-corrected chi connectivity index (χ2v) is 6.36. The molecule has 5 heteroatoms. The van der Waals surface area contributed by atoms with Gasteiger partial charge in [-0.05, 0) is 23.3 Å². The van der Waals surface area contributed by atoms with Gasteiger partial charge in [0.1, 0.15) is 6.26 Å². The van der Waals surface area contributed by atoms with Gasteiger partial charge in [-0.1, -0.05) is 36.4 Å². The summed E-state index contributed by atoms with van der Waals surface area (Å²) in [6.07, 6.45) is 2.65. The highest BCUT2D eigenvalue weighted by Crippen LogP contribution is 2.30. The number of benzene rings is 2. The fraction of sp³-hybridized carbons (Fsp3) is 0.0667. The van der Waals surface area contributed by atoms with Gasteiger partial charge >= 0.3 is 0 Å². The number of sulfonamides is 1. The molecule has 0 saturated carbocycles. The van der Waals surface area contributed by atoms with Crippen LogP contribution in [0.25, 0.3) is 21.9 Å². The van der Waals surface area contributed by atoms with E-state index in [4.69, 9.17) is 4.42 Å². The zero-order valence-corrected chi connectivity index (χ0v) is 11.6. The topological polar surface area (TPSA) is 59.3 Å². The summed E-state index contributed by atoms with van der Waals surface area (Å²) in [7, 11) is -3.34. The number of rotatable bonds is 3. The fourth-order valence-corrected chi connectivity index (χ4v) is 2.61. The third kappa shape index (κ3) is 2.53. The molecule has 20 heavy (non-hydrogen) atoms. The van der Waals surface area contributed by atoms with Gasteiger partial charge in [0.25, 0.3) is 0 Å². The van der Waals surface area contributed by atoms with Gasteiger partial charge in [-0.2, -0.15) is 0 Å². The van der Waals surface area contributed by atoms with E-state index in [-0.39, 0.29) is 5.88 Å². The smallest absolute Gasteiger partial charge is 0.232 e. The van der Waals surface area contributed by atoms with Gasteiger partial charge in [0.05, 0.1) is 6.26 Å². The van der Waals surface area contributed by atoms with Crippen LogP contribution >= 0.6 is 0 Å². The Morgan fingerprint density at radius 1 is 1.00 bits per heavy atom. The monoisotopic (exact) mass is 287 g/mol. The number of hydrogen-bond acceptors (Lipinski definition) is 3. The van der Waals surface area contributed by atoms with E-state index in [1.54, 1.807) is 6.26 Å². The zero-order valence-electron chi connectivity index (χ0n) is 10.8. The van der Waals surface area contributed by atoms with E-state index >= 15 is 0 Å². The van der Waals surface area contributed by atoms with E-state index in [0.717, 1.165) is 28.2 Å². The lowest BCUT2D eigenvalue weighted by Gasteiger charge is -2.02.